The molecule has 6 heteroatoms. The zero-order chi connectivity index (χ0) is 17.7. The van der Waals surface area contributed by atoms with Crippen LogP contribution < -0.4 is 15.4 Å². The zero-order valence-corrected chi connectivity index (χ0v) is 15.4. The number of hydrogen-bond acceptors (Lipinski definition) is 4. The Balaban J connectivity index is 1.58. The number of ether oxygens (including phenoxy) is 3. The molecule has 1 aliphatic heterocycles. The second-order valence-corrected chi connectivity index (χ2v) is 6.06. The molecule has 140 valence electrons. The van der Waals surface area contributed by atoms with Crippen LogP contribution in [0.25, 0.3) is 0 Å². The van der Waals surface area contributed by atoms with Crippen molar-refractivity contribution in [2.24, 2.45) is 4.99 Å². The van der Waals surface area contributed by atoms with Gasteiger partial charge in [0, 0.05) is 13.2 Å². The van der Waals surface area contributed by atoms with E-state index in [0.717, 1.165) is 37.7 Å². The summed E-state index contributed by atoms with van der Waals surface area (Å²) in [6.45, 7) is 8.98. The molecule has 1 unspecified atom stereocenters. The number of hydrogen-bond donors (Lipinski definition) is 2. The number of rotatable bonds is 10. The maximum Gasteiger partial charge on any atom is 0.191 e. The number of nitrogens with zero attached hydrogens (tertiary/aromatic N) is 1. The first kappa shape index (κ1) is 19.5. The average molecular weight is 349 g/mol. The van der Waals surface area contributed by atoms with Crippen LogP contribution in [-0.4, -0.2) is 58.1 Å². The lowest BCUT2D eigenvalue weighted by atomic mass is 10.2. The molecule has 0 aromatic heterocycles. The summed E-state index contributed by atoms with van der Waals surface area (Å²) in [5, 5.41) is 6.49. The molecule has 2 N–H and O–H groups in total. The van der Waals surface area contributed by atoms with Gasteiger partial charge in [-0.25, -0.2) is 0 Å². The molecule has 1 aromatic carbocycles. The van der Waals surface area contributed by atoms with Crippen LogP contribution in [0.3, 0.4) is 0 Å². The van der Waals surface area contributed by atoms with Crippen molar-refractivity contribution in [1.82, 2.24) is 10.6 Å². The second-order valence-electron chi connectivity index (χ2n) is 6.06. The molecule has 6 nitrogen and oxygen atoms in total. The monoisotopic (exact) mass is 349 g/mol. The molecule has 1 aromatic rings. The van der Waals surface area contributed by atoms with Crippen LogP contribution in [-0.2, 0) is 9.47 Å². The van der Waals surface area contributed by atoms with Gasteiger partial charge >= 0.3 is 0 Å². The largest absolute Gasteiger partial charge is 0.492 e. The van der Waals surface area contributed by atoms with E-state index in [-0.39, 0.29) is 6.10 Å². The van der Waals surface area contributed by atoms with Gasteiger partial charge in [0.2, 0.25) is 0 Å². The standard InChI is InChI=1S/C19H31N3O3/c1-3-20-19(21-10-13-23-15-18-5-4-12-24-18)22-11-14-25-17-8-6-16(2)7-9-17/h6-9,18H,3-5,10-15H2,1-2H3,(H2,20,21,22). The summed E-state index contributed by atoms with van der Waals surface area (Å²) in [5.74, 6) is 1.67. The number of guanidine groups is 1. The molecule has 1 atom stereocenters. The lowest BCUT2D eigenvalue weighted by Crippen LogP contribution is -2.39. The third-order valence-corrected chi connectivity index (χ3v) is 3.86. The van der Waals surface area contributed by atoms with E-state index in [2.05, 4.69) is 22.5 Å². The molecule has 2 rings (SSSR count). The smallest absolute Gasteiger partial charge is 0.191 e. The molecule has 0 spiro atoms. The third-order valence-electron chi connectivity index (χ3n) is 3.86. The molecule has 0 bridgehead atoms. The van der Waals surface area contributed by atoms with E-state index in [1.807, 2.05) is 31.2 Å². The van der Waals surface area contributed by atoms with Gasteiger partial charge in [-0.05, 0) is 38.8 Å². The SMILES string of the molecule is CCNC(=NCCOCC1CCCO1)NCCOc1ccc(C)cc1. The van der Waals surface area contributed by atoms with Crippen LogP contribution in [0.15, 0.2) is 29.3 Å². The highest BCUT2D eigenvalue weighted by atomic mass is 16.5. The molecule has 1 heterocycles. The Morgan fingerprint density at radius 2 is 2.08 bits per heavy atom. The van der Waals surface area contributed by atoms with E-state index < -0.39 is 0 Å². The fourth-order valence-electron chi connectivity index (χ4n) is 2.53. The fraction of sp³-hybridized carbons (Fsp3) is 0.632. The van der Waals surface area contributed by atoms with Gasteiger partial charge in [-0.3, -0.25) is 4.99 Å². The first-order chi connectivity index (χ1) is 12.3. The zero-order valence-electron chi connectivity index (χ0n) is 15.4. The summed E-state index contributed by atoms with van der Waals surface area (Å²) in [4.78, 5) is 4.51. The van der Waals surface area contributed by atoms with Crippen molar-refractivity contribution in [3.8, 4) is 5.75 Å². The minimum absolute atomic E-state index is 0.272. The lowest BCUT2D eigenvalue weighted by Gasteiger charge is -2.13. The van der Waals surface area contributed by atoms with Crippen LogP contribution in [0.2, 0.25) is 0 Å². The van der Waals surface area contributed by atoms with Crippen molar-refractivity contribution in [1.29, 1.82) is 0 Å². The van der Waals surface area contributed by atoms with Crippen molar-refractivity contribution in [3.05, 3.63) is 29.8 Å². The first-order valence-corrected chi connectivity index (χ1v) is 9.19. The van der Waals surface area contributed by atoms with Crippen LogP contribution >= 0.6 is 0 Å². The summed E-state index contributed by atoms with van der Waals surface area (Å²) < 4.78 is 16.9. The molecular formula is C19H31N3O3. The van der Waals surface area contributed by atoms with E-state index in [1.54, 1.807) is 0 Å². The van der Waals surface area contributed by atoms with Gasteiger partial charge in [-0.15, -0.1) is 0 Å². The topological polar surface area (TPSA) is 64.1 Å². The molecule has 0 radical (unpaired) electrons. The molecule has 0 aliphatic carbocycles. The summed E-state index contributed by atoms with van der Waals surface area (Å²) in [5.41, 5.74) is 1.23. The highest BCUT2D eigenvalue weighted by Gasteiger charge is 2.14. The molecule has 1 saturated heterocycles. The third kappa shape index (κ3) is 8.23. The van der Waals surface area contributed by atoms with Crippen molar-refractivity contribution < 1.29 is 14.2 Å². The summed E-state index contributed by atoms with van der Waals surface area (Å²) in [7, 11) is 0. The minimum atomic E-state index is 0.272. The van der Waals surface area contributed by atoms with Gasteiger partial charge in [0.15, 0.2) is 5.96 Å². The van der Waals surface area contributed by atoms with Gasteiger partial charge in [0.1, 0.15) is 12.4 Å². The summed E-state index contributed by atoms with van der Waals surface area (Å²) in [6, 6.07) is 8.07. The second kappa shape index (κ2) is 11.7. The van der Waals surface area contributed by atoms with Crippen LogP contribution in [0.1, 0.15) is 25.3 Å². The van der Waals surface area contributed by atoms with Crippen molar-refractivity contribution in [3.63, 3.8) is 0 Å². The van der Waals surface area contributed by atoms with E-state index in [0.29, 0.717) is 32.9 Å². The molecule has 1 fully saturated rings. The molecule has 0 saturated carbocycles. The minimum Gasteiger partial charge on any atom is -0.492 e. The van der Waals surface area contributed by atoms with Crippen molar-refractivity contribution in [2.75, 3.05) is 46.1 Å². The Hall–Kier alpha value is -1.79. The summed E-state index contributed by atoms with van der Waals surface area (Å²) >= 11 is 0. The maximum atomic E-state index is 5.71. The van der Waals surface area contributed by atoms with Crippen LogP contribution in [0.5, 0.6) is 5.75 Å². The van der Waals surface area contributed by atoms with Crippen LogP contribution in [0.4, 0.5) is 0 Å². The molecular weight excluding hydrogens is 318 g/mol. The van der Waals surface area contributed by atoms with Crippen molar-refractivity contribution in [2.45, 2.75) is 32.8 Å². The van der Waals surface area contributed by atoms with Crippen molar-refractivity contribution >= 4 is 5.96 Å². The maximum absolute atomic E-state index is 5.71. The summed E-state index contributed by atoms with van der Waals surface area (Å²) in [6.07, 6.45) is 2.52. The van der Waals surface area contributed by atoms with E-state index in [4.69, 9.17) is 14.2 Å². The Kier molecular flexibility index (Phi) is 9.15. The Labute approximate surface area is 151 Å². The Morgan fingerprint density at radius 1 is 1.24 bits per heavy atom. The van der Waals surface area contributed by atoms with E-state index >= 15 is 0 Å². The van der Waals surface area contributed by atoms with Gasteiger partial charge in [0.05, 0.1) is 32.4 Å². The number of aliphatic imine (C=N–C) groups is 1. The van der Waals surface area contributed by atoms with Gasteiger partial charge in [-0.2, -0.15) is 0 Å². The highest BCUT2D eigenvalue weighted by molar-refractivity contribution is 5.79. The Morgan fingerprint density at radius 3 is 2.80 bits per heavy atom. The van der Waals surface area contributed by atoms with E-state index in [1.165, 1.54) is 5.56 Å². The Bertz CT molecular complexity index is 499. The predicted molar refractivity (Wildman–Crippen MR) is 100 cm³/mol. The molecule has 25 heavy (non-hydrogen) atoms. The number of nitrogens with one attached hydrogen (secondary N) is 2. The normalized spacial score (nSPS) is 17.5. The lowest BCUT2D eigenvalue weighted by molar-refractivity contribution is 0.0200. The number of aryl methyl sites for hydroxylation is 1. The van der Waals surface area contributed by atoms with Gasteiger partial charge < -0.3 is 24.8 Å². The van der Waals surface area contributed by atoms with Gasteiger partial charge in [0.25, 0.3) is 0 Å². The van der Waals surface area contributed by atoms with Gasteiger partial charge in [-0.1, -0.05) is 17.7 Å². The highest BCUT2D eigenvalue weighted by Crippen LogP contribution is 2.12. The van der Waals surface area contributed by atoms with Crippen LogP contribution in [0, 0.1) is 6.92 Å². The molecule has 1 aliphatic rings. The molecule has 0 amide bonds. The first-order valence-electron chi connectivity index (χ1n) is 9.19. The van der Waals surface area contributed by atoms with E-state index in [9.17, 15) is 0 Å². The number of benzene rings is 1. The fourth-order valence-corrected chi connectivity index (χ4v) is 2.53. The predicted octanol–water partition coefficient (Wildman–Crippen LogP) is 2.12. The quantitative estimate of drug-likeness (QED) is 0.385. The average Bonchev–Trinajstić information content (AvgIpc) is 3.13.